The molecule has 0 bridgehead atoms. The third-order valence-electron chi connectivity index (χ3n) is 5.45. The number of aryl methyl sites for hydroxylation is 2. The lowest BCUT2D eigenvalue weighted by Gasteiger charge is -2.42. The van der Waals surface area contributed by atoms with Crippen molar-refractivity contribution in [3.63, 3.8) is 0 Å². The fraction of sp³-hybridized carbons (Fsp3) is 0.600. The first-order valence-corrected chi connectivity index (χ1v) is 9.18. The van der Waals surface area contributed by atoms with Gasteiger partial charge in [-0.3, -0.25) is 9.59 Å². The Balaban J connectivity index is 1.74. The number of anilines is 1. The van der Waals surface area contributed by atoms with Crippen molar-refractivity contribution in [2.75, 3.05) is 31.1 Å². The molecule has 136 valence electrons. The maximum absolute atomic E-state index is 13.0. The van der Waals surface area contributed by atoms with Crippen molar-refractivity contribution in [1.82, 2.24) is 10.2 Å². The van der Waals surface area contributed by atoms with Crippen LogP contribution in [0.5, 0.6) is 0 Å². The van der Waals surface area contributed by atoms with Crippen LogP contribution in [0.2, 0.25) is 0 Å². The van der Waals surface area contributed by atoms with Crippen LogP contribution in [0.4, 0.5) is 5.69 Å². The van der Waals surface area contributed by atoms with Crippen LogP contribution in [-0.4, -0.2) is 48.4 Å². The number of carbonyl (C=O) groups is 2. The van der Waals surface area contributed by atoms with E-state index < -0.39 is 0 Å². The highest BCUT2D eigenvalue weighted by atomic mass is 16.2. The lowest BCUT2D eigenvalue weighted by atomic mass is 9.93. The fourth-order valence-corrected chi connectivity index (χ4v) is 3.78. The number of benzene rings is 1. The Morgan fingerprint density at radius 2 is 2.00 bits per heavy atom. The van der Waals surface area contributed by atoms with Crippen molar-refractivity contribution in [1.29, 1.82) is 0 Å². The second kappa shape index (κ2) is 6.79. The van der Waals surface area contributed by atoms with Crippen LogP contribution in [0.25, 0.3) is 0 Å². The molecule has 5 heteroatoms. The van der Waals surface area contributed by atoms with Gasteiger partial charge in [-0.1, -0.05) is 6.07 Å². The first kappa shape index (κ1) is 17.9. The van der Waals surface area contributed by atoms with E-state index in [4.69, 9.17) is 0 Å². The van der Waals surface area contributed by atoms with Crippen LogP contribution in [0.15, 0.2) is 18.2 Å². The van der Waals surface area contributed by atoms with Crippen LogP contribution in [0.3, 0.4) is 0 Å². The molecule has 3 rings (SSSR count). The van der Waals surface area contributed by atoms with Gasteiger partial charge in [0, 0.05) is 43.8 Å². The Bertz CT molecular complexity index is 684. The summed E-state index contributed by atoms with van der Waals surface area (Å²) in [6, 6.07) is 6.08. The first-order valence-electron chi connectivity index (χ1n) is 9.18. The van der Waals surface area contributed by atoms with Crippen molar-refractivity contribution in [2.24, 2.45) is 5.92 Å². The standard InChI is InChI=1S/C20H29N3O2/c1-14-5-7-17(11-15(14)2)23-12-16(6-8-18(23)24)19(25)22-10-9-21-20(3,4)13-22/h5,7,11,16,21H,6,8-10,12-13H2,1-4H3. The second-order valence-corrected chi connectivity index (χ2v) is 8.08. The number of piperazine rings is 1. The fourth-order valence-electron chi connectivity index (χ4n) is 3.78. The van der Waals surface area contributed by atoms with Gasteiger partial charge in [0.05, 0.1) is 5.92 Å². The van der Waals surface area contributed by atoms with E-state index in [0.717, 1.165) is 25.3 Å². The minimum absolute atomic E-state index is 0.0495. The lowest BCUT2D eigenvalue weighted by molar-refractivity contribution is -0.138. The van der Waals surface area contributed by atoms with E-state index in [-0.39, 0.29) is 23.3 Å². The summed E-state index contributed by atoms with van der Waals surface area (Å²) in [6.45, 7) is 11.1. The van der Waals surface area contributed by atoms with E-state index in [1.54, 1.807) is 4.90 Å². The van der Waals surface area contributed by atoms with E-state index in [9.17, 15) is 9.59 Å². The lowest BCUT2D eigenvalue weighted by Crippen LogP contribution is -2.60. The number of nitrogens with one attached hydrogen (secondary N) is 1. The number of amides is 2. The summed E-state index contributed by atoms with van der Waals surface area (Å²) in [6.07, 6.45) is 1.10. The van der Waals surface area contributed by atoms with Crippen molar-refractivity contribution in [2.45, 2.75) is 46.1 Å². The van der Waals surface area contributed by atoms with Gasteiger partial charge >= 0.3 is 0 Å². The minimum atomic E-state index is -0.104. The zero-order valence-electron chi connectivity index (χ0n) is 15.8. The van der Waals surface area contributed by atoms with E-state index in [1.165, 1.54) is 11.1 Å². The quantitative estimate of drug-likeness (QED) is 0.896. The van der Waals surface area contributed by atoms with Gasteiger partial charge in [0.15, 0.2) is 0 Å². The van der Waals surface area contributed by atoms with Crippen molar-refractivity contribution >= 4 is 17.5 Å². The van der Waals surface area contributed by atoms with Crippen LogP contribution < -0.4 is 10.2 Å². The topological polar surface area (TPSA) is 52.7 Å². The molecule has 1 unspecified atom stereocenters. The van der Waals surface area contributed by atoms with E-state index >= 15 is 0 Å². The summed E-state index contributed by atoms with van der Waals surface area (Å²) < 4.78 is 0. The maximum atomic E-state index is 13.0. The largest absolute Gasteiger partial charge is 0.339 e. The molecule has 2 amide bonds. The van der Waals surface area contributed by atoms with Crippen molar-refractivity contribution < 1.29 is 9.59 Å². The minimum Gasteiger partial charge on any atom is -0.339 e. The molecule has 2 aliphatic heterocycles. The first-order chi connectivity index (χ1) is 11.8. The van der Waals surface area contributed by atoms with Gasteiger partial charge < -0.3 is 15.1 Å². The molecule has 1 N–H and O–H groups in total. The monoisotopic (exact) mass is 343 g/mol. The van der Waals surface area contributed by atoms with Crippen LogP contribution in [0, 0.1) is 19.8 Å². The molecule has 2 saturated heterocycles. The number of nitrogens with zero attached hydrogens (tertiary/aromatic N) is 2. The van der Waals surface area contributed by atoms with E-state index in [0.29, 0.717) is 19.4 Å². The van der Waals surface area contributed by atoms with Crippen molar-refractivity contribution in [3.05, 3.63) is 29.3 Å². The molecular formula is C20H29N3O2. The third-order valence-corrected chi connectivity index (χ3v) is 5.45. The molecule has 2 fully saturated rings. The molecular weight excluding hydrogens is 314 g/mol. The van der Waals surface area contributed by atoms with Crippen LogP contribution in [-0.2, 0) is 9.59 Å². The Labute approximate surface area is 150 Å². The normalized spacial score (nSPS) is 23.7. The van der Waals surface area contributed by atoms with Gasteiger partial charge in [-0.2, -0.15) is 0 Å². The highest BCUT2D eigenvalue weighted by Crippen LogP contribution is 2.27. The Kier molecular flexibility index (Phi) is 4.87. The SMILES string of the molecule is Cc1ccc(N2CC(C(=O)N3CCNC(C)(C)C3)CCC2=O)cc1C. The van der Waals surface area contributed by atoms with Crippen LogP contribution in [0.1, 0.15) is 37.8 Å². The molecule has 5 nitrogen and oxygen atoms in total. The zero-order chi connectivity index (χ0) is 18.2. The average Bonchev–Trinajstić information content (AvgIpc) is 2.56. The zero-order valence-corrected chi connectivity index (χ0v) is 15.8. The molecule has 1 aromatic carbocycles. The van der Waals surface area contributed by atoms with Gasteiger partial charge in [0.1, 0.15) is 0 Å². The molecule has 0 radical (unpaired) electrons. The molecule has 2 heterocycles. The average molecular weight is 343 g/mol. The number of piperidine rings is 1. The van der Waals surface area contributed by atoms with Gasteiger partial charge in [0.2, 0.25) is 11.8 Å². The Morgan fingerprint density at radius 3 is 2.68 bits per heavy atom. The highest BCUT2D eigenvalue weighted by Gasteiger charge is 2.36. The summed E-state index contributed by atoms with van der Waals surface area (Å²) in [7, 11) is 0. The van der Waals surface area contributed by atoms with Crippen molar-refractivity contribution in [3.8, 4) is 0 Å². The second-order valence-electron chi connectivity index (χ2n) is 8.08. The smallest absolute Gasteiger partial charge is 0.227 e. The Morgan fingerprint density at radius 1 is 1.24 bits per heavy atom. The Hall–Kier alpha value is -1.88. The van der Waals surface area contributed by atoms with Gasteiger partial charge in [-0.05, 0) is 57.4 Å². The molecule has 0 saturated carbocycles. The van der Waals surface area contributed by atoms with Gasteiger partial charge in [-0.15, -0.1) is 0 Å². The number of hydrogen-bond donors (Lipinski definition) is 1. The summed E-state index contributed by atoms with van der Waals surface area (Å²) in [5.41, 5.74) is 3.24. The number of hydrogen-bond acceptors (Lipinski definition) is 3. The molecule has 0 aromatic heterocycles. The molecule has 25 heavy (non-hydrogen) atoms. The number of carbonyl (C=O) groups excluding carboxylic acids is 2. The molecule has 0 aliphatic carbocycles. The highest BCUT2D eigenvalue weighted by molar-refractivity contribution is 5.96. The van der Waals surface area contributed by atoms with Gasteiger partial charge in [-0.25, -0.2) is 0 Å². The maximum Gasteiger partial charge on any atom is 0.227 e. The van der Waals surface area contributed by atoms with E-state index in [2.05, 4.69) is 33.0 Å². The summed E-state index contributed by atoms with van der Waals surface area (Å²) in [5, 5.41) is 3.44. The molecule has 1 atom stereocenters. The van der Waals surface area contributed by atoms with Gasteiger partial charge in [0.25, 0.3) is 0 Å². The number of rotatable bonds is 2. The molecule has 0 spiro atoms. The predicted octanol–water partition coefficient (Wildman–Crippen LogP) is 2.26. The molecule has 1 aromatic rings. The third kappa shape index (κ3) is 3.87. The summed E-state index contributed by atoms with van der Waals surface area (Å²) in [5.74, 6) is 0.206. The molecule has 2 aliphatic rings. The predicted molar refractivity (Wildman–Crippen MR) is 99.7 cm³/mol. The summed E-state index contributed by atoms with van der Waals surface area (Å²) in [4.78, 5) is 29.2. The summed E-state index contributed by atoms with van der Waals surface area (Å²) >= 11 is 0. The van der Waals surface area contributed by atoms with E-state index in [1.807, 2.05) is 23.1 Å². The van der Waals surface area contributed by atoms with Crippen LogP contribution >= 0.6 is 0 Å².